The Hall–Kier alpha value is -2.33. The minimum absolute atomic E-state index is 0.0744. The number of rotatable bonds is 6. The van der Waals surface area contributed by atoms with Crippen molar-refractivity contribution in [2.75, 3.05) is 13.1 Å². The third-order valence-corrected chi connectivity index (χ3v) is 6.15. The van der Waals surface area contributed by atoms with Crippen LogP contribution in [0.15, 0.2) is 54.6 Å². The summed E-state index contributed by atoms with van der Waals surface area (Å²) in [5.74, 6) is 0.0802. The van der Waals surface area contributed by atoms with Gasteiger partial charge in [-0.2, -0.15) is 0 Å². The number of nitrogens with one attached hydrogen (secondary N) is 1. The van der Waals surface area contributed by atoms with E-state index >= 15 is 0 Å². The standard InChI is InChI=1S/C23H25ClN2O2/c24-20-9-6-17(7-10-20)12-15-26-16-18(8-11-21(26)27)22(28)25-23(13-14-23)19-4-2-1-3-5-19/h1-7,9-10,18H,8,11-16H2,(H,25,28)/t18-/m1/s1. The van der Waals surface area contributed by atoms with Crippen molar-refractivity contribution in [3.8, 4) is 0 Å². The van der Waals surface area contributed by atoms with Gasteiger partial charge in [-0.3, -0.25) is 9.59 Å². The normalized spacial score (nSPS) is 20.7. The Morgan fingerprint density at radius 1 is 1.11 bits per heavy atom. The summed E-state index contributed by atoms with van der Waals surface area (Å²) in [4.78, 5) is 27.1. The van der Waals surface area contributed by atoms with E-state index in [0.29, 0.717) is 31.0 Å². The highest BCUT2D eigenvalue weighted by Crippen LogP contribution is 2.45. The number of carbonyl (C=O) groups is 2. The molecule has 1 aliphatic carbocycles. The fourth-order valence-corrected chi connectivity index (χ4v) is 4.09. The molecule has 28 heavy (non-hydrogen) atoms. The lowest BCUT2D eigenvalue weighted by atomic mass is 9.95. The Balaban J connectivity index is 1.35. The molecule has 2 amide bonds. The van der Waals surface area contributed by atoms with Crippen molar-refractivity contribution >= 4 is 23.4 Å². The van der Waals surface area contributed by atoms with Crippen LogP contribution in [0.1, 0.15) is 36.8 Å². The molecular weight excluding hydrogens is 372 g/mol. The summed E-state index contributed by atoms with van der Waals surface area (Å²) < 4.78 is 0. The summed E-state index contributed by atoms with van der Waals surface area (Å²) in [7, 11) is 0. The van der Waals surface area contributed by atoms with Gasteiger partial charge in [0.25, 0.3) is 0 Å². The maximum Gasteiger partial charge on any atom is 0.225 e. The summed E-state index contributed by atoms with van der Waals surface area (Å²) >= 11 is 5.93. The van der Waals surface area contributed by atoms with Gasteiger partial charge in [0.1, 0.15) is 0 Å². The van der Waals surface area contributed by atoms with E-state index in [1.165, 1.54) is 5.56 Å². The number of amides is 2. The fourth-order valence-electron chi connectivity index (χ4n) is 3.97. The molecule has 2 aromatic rings. The molecule has 1 atom stereocenters. The molecule has 1 heterocycles. The first-order valence-corrected chi connectivity index (χ1v) is 10.3. The Kier molecular flexibility index (Phi) is 5.40. The zero-order valence-electron chi connectivity index (χ0n) is 15.9. The van der Waals surface area contributed by atoms with Crippen LogP contribution >= 0.6 is 11.6 Å². The summed E-state index contributed by atoms with van der Waals surface area (Å²) in [6.45, 7) is 1.14. The quantitative estimate of drug-likeness (QED) is 0.804. The van der Waals surface area contributed by atoms with E-state index in [1.807, 2.05) is 47.4 Å². The van der Waals surface area contributed by atoms with Gasteiger partial charge in [0.05, 0.1) is 11.5 Å². The fraction of sp³-hybridized carbons (Fsp3) is 0.391. The van der Waals surface area contributed by atoms with Gasteiger partial charge < -0.3 is 10.2 Å². The largest absolute Gasteiger partial charge is 0.346 e. The van der Waals surface area contributed by atoms with Crippen LogP contribution in [0.2, 0.25) is 5.02 Å². The molecule has 0 spiro atoms. The first-order chi connectivity index (χ1) is 13.6. The highest BCUT2D eigenvalue weighted by molar-refractivity contribution is 6.30. The highest BCUT2D eigenvalue weighted by Gasteiger charge is 2.46. The first kappa shape index (κ1) is 19.0. The van der Waals surface area contributed by atoms with E-state index in [-0.39, 0.29) is 23.3 Å². The third kappa shape index (κ3) is 4.22. The van der Waals surface area contributed by atoms with Crippen molar-refractivity contribution in [1.82, 2.24) is 10.2 Å². The van der Waals surface area contributed by atoms with Gasteiger partial charge in [-0.05, 0) is 48.9 Å². The topological polar surface area (TPSA) is 49.4 Å². The average molecular weight is 397 g/mol. The molecule has 5 heteroatoms. The van der Waals surface area contributed by atoms with Crippen molar-refractivity contribution in [3.05, 3.63) is 70.7 Å². The number of hydrogen-bond acceptors (Lipinski definition) is 2. The molecule has 0 bridgehead atoms. The first-order valence-electron chi connectivity index (χ1n) is 9.95. The maximum absolute atomic E-state index is 12.9. The number of benzene rings is 2. The van der Waals surface area contributed by atoms with Crippen LogP contribution in [0, 0.1) is 5.92 Å². The second-order valence-corrected chi connectivity index (χ2v) is 8.33. The van der Waals surface area contributed by atoms with Crippen LogP contribution in [-0.2, 0) is 21.5 Å². The van der Waals surface area contributed by atoms with E-state index in [1.54, 1.807) is 0 Å². The second kappa shape index (κ2) is 7.96. The van der Waals surface area contributed by atoms with Crippen molar-refractivity contribution in [1.29, 1.82) is 0 Å². The number of nitrogens with zero attached hydrogens (tertiary/aromatic N) is 1. The minimum atomic E-state index is -0.200. The van der Waals surface area contributed by atoms with E-state index in [9.17, 15) is 9.59 Å². The summed E-state index contributed by atoms with van der Waals surface area (Å²) in [6, 6.07) is 17.9. The molecule has 0 unspecified atom stereocenters. The van der Waals surface area contributed by atoms with Gasteiger partial charge in [-0.25, -0.2) is 0 Å². The van der Waals surface area contributed by atoms with E-state index in [2.05, 4.69) is 17.4 Å². The van der Waals surface area contributed by atoms with E-state index in [4.69, 9.17) is 11.6 Å². The molecule has 2 fully saturated rings. The van der Waals surface area contributed by atoms with Gasteiger partial charge >= 0.3 is 0 Å². The molecular formula is C23H25ClN2O2. The van der Waals surface area contributed by atoms with Crippen LogP contribution in [0.3, 0.4) is 0 Å². The summed E-state index contributed by atoms with van der Waals surface area (Å²) in [5.41, 5.74) is 2.12. The summed E-state index contributed by atoms with van der Waals surface area (Å²) in [6.07, 6.45) is 3.80. The second-order valence-electron chi connectivity index (χ2n) is 7.89. The Labute approximate surface area is 170 Å². The van der Waals surface area contributed by atoms with Crippen LogP contribution in [-0.4, -0.2) is 29.8 Å². The van der Waals surface area contributed by atoms with Gasteiger partial charge in [0.15, 0.2) is 0 Å². The van der Waals surface area contributed by atoms with Crippen LogP contribution in [0.4, 0.5) is 0 Å². The predicted molar refractivity (Wildman–Crippen MR) is 110 cm³/mol. The molecule has 4 nitrogen and oxygen atoms in total. The molecule has 0 radical (unpaired) electrons. The van der Waals surface area contributed by atoms with Crippen molar-refractivity contribution in [2.24, 2.45) is 5.92 Å². The molecule has 4 rings (SSSR count). The lowest BCUT2D eigenvalue weighted by Crippen LogP contribution is -2.48. The minimum Gasteiger partial charge on any atom is -0.346 e. The number of likely N-dealkylation sites (tertiary alicyclic amines) is 1. The van der Waals surface area contributed by atoms with Gasteiger partial charge in [0, 0.05) is 24.5 Å². The lowest BCUT2D eigenvalue weighted by Gasteiger charge is -2.33. The van der Waals surface area contributed by atoms with E-state index in [0.717, 1.165) is 24.8 Å². The molecule has 1 N–H and O–H groups in total. The Morgan fingerprint density at radius 2 is 1.82 bits per heavy atom. The van der Waals surface area contributed by atoms with Crippen LogP contribution in [0.25, 0.3) is 0 Å². The monoisotopic (exact) mass is 396 g/mol. The lowest BCUT2D eigenvalue weighted by molar-refractivity contribution is -0.138. The van der Waals surface area contributed by atoms with Crippen LogP contribution < -0.4 is 5.32 Å². The van der Waals surface area contributed by atoms with Gasteiger partial charge in [-0.1, -0.05) is 54.1 Å². The summed E-state index contributed by atoms with van der Waals surface area (Å²) in [5, 5.41) is 3.99. The highest BCUT2D eigenvalue weighted by atomic mass is 35.5. The molecule has 0 aromatic heterocycles. The van der Waals surface area contributed by atoms with Crippen molar-refractivity contribution < 1.29 is 9.59 Å². The zero-order chi connectivity index (χ0) is 19.6. The number of piperidine rings is 1. The SMILES string of the molecule is O=C(NC1(c2ccccc2)CC1)[C@@H]1CCC(=O)N(CCc2ccc(Cl)cc2)C1. The average Bonchev–Trinajstić information content (AvgIpc) is 3.50. The molecule has 1 saturated carbocycles. The predicted octanol–water partition coefficient (Wildman–Crippen LogP) is 3.93. The zero-order valence-corrected chi connectivity index (χ0v) is 16.6. The third-order valence-electron chi connectivity index (χ3n) is 5.89. The van der Waals surface area contributed by atoms with Gasteiger partial charge in [0.2, 0.25) is 11.8 Å². The number of carbonyl (C=O) groups excluding carboxylic acids is 2. The molecule has 1 saturated heterocycles. The molecule has 2 aromatic carbocycles. The van der Waals surface area contributed by atoms with Crippen molar-refractivity contribution in [3.63, 3.8) is 0 Å². The maximum atomic E-state index is 12.9. The Bertz CT molecular complexity index is 847. The molecule has 1 aliphatic heterocycles. The molecule has 146 valence electrons. The number of hydrogen-bond donors (Lipinski definition) is 1. The Morgan fingerprint density at radius 3 is 2.50 bits per heavy atom. The van der Waals surface area contributed by atoms with E-state index < -0.39 is 0 Å². The van der Waals surface area contributed by atoms with Crippen LogP contribution in [0.5, 0.6) is 0 Å². The molecule has 2 aliphatic rings. The van der Waals surface area contributed by atoms with Crippen molar-refractivity contribution in [2.45, 2.75) is 37.6 Å². The number of halogens is 1. The van der Waals surface area contributed by atoms with Gasteiger partial charge in [-0.15, -0.1) is 0 Å². The smallest absolute Gasteiger partial charge is 0.225 e.